The van der Waals surface area contributed by atoms with Crippen molar-refractivity contribution >= 4 is 11.7 Å². The lowest BCUT2D eigenvalue weighted by atomic mass is 10.0. The van der Waals surface area contributed by atoms with E-state index in [0.29, 0.717) is 0 Å². The van der Waals surface area contributed by atoms with Crippen LogP contribution in [0.2, 0.25) is 0 Å². The highest BCUT2D eigenvalue weighted by atomic mass is 16.5. The lowest BCUT2D eigenvalue weighted by molar-refractivity contribution is 0.0693. The van der Waals surface area contributed by atoms with Gasteiger partial charge < -0.3 is 24.6 Å². The maximum absolute atomic E-state index is 11.3. The molecule has 1 aliphatic rings. The third-order valence-electron chi connectivity index (χ3n) is 5.33. The average molecular weight is 386 g/mol. The van der Waals surface area contributed by atoms with Gasteiger partial charge in [0, 0.05) is 49.5 Å². The van der Waals surface area contributed by atoms with Gasteiger partial charge >= 0.3 is 5.97 Å². The molecule has 1 heterocycles. The van der Waals surface area contributed by atoms with Crippen LogP contribution in [0.15, 0.2) is 36.4 Å². The molecule has 150 valence electrons. The zero-order valence-corrected chi connectivity index (χ0v) is 16.4. The van der Waals surface area contributed by atoms with Crippen molar-refractivity contribution in [2.45, 2.75) is 13.0 Å². The van der Waals surface area contributed by atoms with Gasteiger partial charge in [-0.3, -0.25) is 4.90 Å². The predicted octanol–water partition coefficient (Wildman–Crippen LogP) is 2.99. The second kappa shape index (κ2) is 8.39. The molecule has 2 N–H and O–H groups in total. The normalized spacial score (nSPS) is 15.9. The van der Waals surface area contributed by atoms with Gasteiger partial charge in [0.1, 0.15) is 22.8 Å². The summed E-state index contributed by atoms with van der Waals surface area (Å²) in [7, 11) is 3.30. The molecule has 2 aromatic carbocycles. The van der Waals surface area contributed by atoms with Crippen molar-refractivity contribution in [3.63, 3.8) is 0 Å². The number of piperazine rings is 1. The molecular weight excluding hydrogens is 360 g/mol. The zero-order chi connectivity index (χ0) is 20.3. The number of ether oxygens (including phenoxy) is 2. The third kappa shape index (κ3) is 3.99. The van der Waals surface area contributed by atoms with Crippen LogP contribution >= 0.6 is 0 Å². The van der Waals surface area contributed by atoms with Gasteiger partial charge in [-0.05, 0) is 31.2 Å². The van der Waals surface area contributed by atoms with Crippen LogP contribution in [0.25, 0.3) is 0 Å². The summed E-state index contributed by atoms with van der Waals surface area (Å²) in [5.74, 6) is 0.228. The number of benzene rings is 2. The summed E-state index contributed by atoms with van der Waals surface area (Å²) in [5, 5.41) is 18.9. The van der Waals surface area contributed by atoms with Gasteiger partial charge in [0.25, 0.3) is 0 Å². The molecule has 0 radical (unpaired) electrons. The number of hydrogen-bond acceptors (Lipinski definition) is 6. The molecule has 0 aliphatic carbocycles. The molecule has 0 aromatic heterocycles. The molecule has 1 unspecified atom stereocenters. The van der Waals surface area contributed by atoms with Crippen molar-refractivity contribution in [3.8, 4) is 17.2 Å². The molecule has 7 nitrogen and oxygen atoms in total. The van der Waals surface area contributed by atoms with Gasteiger partial charge in [0.15, 0.2) is 0 Å². The fourth-order valence-electron chi connectivity index (χ4n) is 3.62. The SMILES string of the molecule is COc1ccc(C(C)N2CCN(c3ccc(O)c(C(=O)O)c3)CC2)c(OC)c1. The molecule has 0 amide bonds. The number of carboxylic acid groups (broad SMARTS) is 1. The number of hydrogen-bond donors (Lipinski definition) is 2. The molecule has 7 heteroatoms. The van der Waals surface area contributed by atoms with Gasteiger partial charge in [0.2, 0.25) is 0 Å². The summed E-state index contributed by atoms with van der Waals surface area (Å²) >= 11 is 0. The van der Waals surface area contributed by atoms with Gasteiger partial charge in [-0.1, -0.05) is 6.07 Å². The first-order valence-electron chi connectivity index (χ1n) is 9.21. The number of anilines is 1. The summed E-state index contributed by atoms with van der Waals surface area (Å²) in [6, 6.07) is 10.8. The van der Waals surface area contributed by atoms with Gasteiger partial charge in [-0.15, -0.1) is 0 Å². The first-order valence-corrected chi connectivity index (χ1v) is 9.21. The summed E-state index contributed by atoms with van der Waals surface area (Å²) in [4.78, 5) is 15.8. The van der Waals surface area contributed by atoms with Crippen molar-refractivity contribution in [2.24, 2.45) is 0 Å². The standard InChI is InChI=1S/C21H26N2O5/c1-14(17-6-5-16(27-2)13-20(17)28-3)22-8-10-23(11-9-22)15-4-7-19(24)18(12-15)21(25)26/h4-7,12-14,24H,8-11H2,1-3H3,(H,25,26). The van der Waals surface area contributed by atoms with Crippen LogP contribution in [-0.2, 0) is 0 Å². The molecule has 28 heavy (non-hydrogen) atoms. The minimum atomic E-state index is -1.13. The van der Waals surface area contributed by atoms with Crippen LogP contribution in [0.3, 0.4) is 0 Å². The van der Waals surface area contributed by atoms with E-state index in [4.69, 9.17) is 9.47 Å². The van der Waals surface area contributed by atoms with Crippen LogP contribution in [0.4, 0.5) is 5.69 Å². The highest BCUT2D eigenvalue weighted by Crippen LogP contribution is 2.33. The first kappa shape index (κ1) is 19.8. The first-order chi connectivity index (χ1) is 13.4. The Morgan fingerprint density at radius 3 is 2.36 bits per heavy atom. The Bertz CT molecular complexity index is 847. The highest BCUT2D eigenvalue weighted by molar-refractivity contribution is 5.92. The molecule has 0 saturated carbocycles. The summed E-state index contributed by atoms with van der Waals surface area (Å²) in [6.45, 7) is 5.36. The molecule has 2 aromatic rings. The van der Waals surface area contributed by atoms with Crippen LogP contribution in [-0.4, -0.2) is 61.5 Å². The minimum Gasteiger partial charge on any atom is -0.507 e. The van der Waals surface area contributed by atoms with Gasteiger partial charge in [-0.2, -0.15) is 0 Å². The van der Waals surface area contributed by atoms with Crippen molar-refractivity contribution in [2.75, 3.05) is 45.3 Å². The number of rotatable bonds is 6. The maximum Gasteiger partial charge on any atom is 0.339 e. The largest absolute Gasteiger partial charge is 0.507 e. The molecule has 0 bridgehead atoms. The van der Waals surface area contributed by atoms with Crippen molar-refractivity contribution < 1.29 is 24.5 Å². The smallest absolute Gasteiger partial charge is 0.339 e. The van der Waals surface area contributed by atoms with E-state index in [2.05, 4.69) is 16.7 Å². The van der Waals surface area contributed by atoms with Gasteiger partial charge in [-0.25, -0.2) is 4.79 Å². The molecule has 1 atom stereocenters. The Morgan fingerprint density at radius 1 is 1.04 bits per heavy atom. The Balaban J connectivity index is 1.70. The van der Waals surface area contributed by atoms with E-state index >= 15 is 0 Å². The van der Waals surface area contributed by atoms with Gasteiger partial charge in [0.05, 0.1) is 14.2 Å². The Morgan fingerprint density at radius 2 is 1.75 bits per heavy atom. The third-order valence-corrected chi connectivity index (χ3v) is 5.33. The van der Waals surface area contributed by atoms with E-state index in [1.165, 1.54) is 12.1 Å². The number of aromatic hydroxyl groups is 1. The quantitative estimate of drug-likeness (QED) is 0.790. The number of phenols is 1. The average Bonchev–Trinajstić information content (AvgIpc) is 2.73. The van der Waals surface area contributed by atoms with E-state index in [9.17, 15) is 15.0 Å². The number of methoxy groups -OCH3 is 2. The minimum absolute atomic E-state index is 0.0729. The zero-order valence-electron chi connectivity index (χ0n) is 16.4. The summed E-state index contributed by atoms with van der Waals surface area (Å²) in [6.07, 6.45) is 0. The molecular formula is C21H26N2O5. The van der Waals surface area contributed by atoms with E-state index in [1.54, 1.807) is 20.3 Å². The molecule has 1 aliphatic heterocycles. The lowest BCUT2D eigenvalue weighted by Crippen LogP contribution is -2.47. The van der Waals surface area contributed by atoms with Crippen LogP contribution in [0, 0.1) is 0 Å². The Labute approximate surface area is 164 Å². The number of nitrogens with zero attached hydrogens (tertiary/aromatic N) is 2. The molecule has 1 saturated heterocycles. The predicted molar refractivity (Wildman–Crippen MR) is 107 cm³/mol. The number of aromatic carboxylic acids is 1. The summed E-state index contributed by atoms with van der Waals surface area (Å²) in [5.41, 5.74) is 1.84. The summed E-state index contributed by atoms with van der Waals surface area (Å²) < 4.78 is 10.8. The number of carboxylic acids is 1. The molecule has 0 spiro atoms. The fourth-order valence-corrected chi connectivity index (χ4v) is 3.62. The van der Waals surface area contributed by atoms with Crippen molar-refractivity contribution in [1.82, 2.24) is 4.90 Å². The van der Waals surface area contributed by atoms with Crippen LogP contribution in [0.5, 0.6) is 17.2 Å². The topological polar surface area (TPSA) is 82.5 Å². The van der Waals surface area contributed by atoms with E-state index in [1.807, 2.05) is 18.2 Å². The fraction of sp³-hybridized carbons (Fsp3) is 0.381. The molecule has 3 rings (SSSR count). The second-order valence-corrected chi connectivity index (χ2v) is 6.81. The van der Waals surface area contributed by atoms with Crippen molar-refractivity contribution in [3.05, 3.63) is 47.5 Å². The van der Waals surface area contributed by atoms with Crippen LogP contribution in [0.1, 0.15) is 28.9 Å². The van der Waals surface area contributed by atoms with Crippen LogP contribution < -0.4 is 14.4 Å². The maximum atomic E-state index is 11.3. The second-order valence-electron chi connectivity index (χ2n) is 6.81. The number of carbonyl (C=O) groups is 1. The Hall–Kier alpha value is -2.93. The highest BCUT2D eigenvalue weighted by Gasteiger charge is 2.25. The lowest BCUT2D eigenvalue weighted by Gasteiger charge is -2.39. The van der Waals surface area contributed by atoms with Crippen molar-refractivity contribution in [1.29, 1.82) is 0 Å². The van der Waals surface area contributed by atoms with E-state index in [0.717, 1.165) is 48.9 Å². The molecule has 1 fully saturated rings. The Kier molecular flexibility index (Phi) is 5.94. The monoisotopic (exact) mass is 386 g/mol. The van der Waals surface area contributed by atoms with E-state index < -0.39 is 5.97 Å². The van der Waals surface area contributed by atoms with E-state index in [-0.39, 0.29) is 17.4 Å².